The van der Waals surface area contributed by atoms with E-state index in [-0.39, 0.29) is 36.8 Å². The fraction of sp³-hybridized carbons (Fsp3) is 0.588. The average Bonchev–Trinajstić information content (AvgIpc) is 3.37. The maximum atomic E-state index is 14.6. The second kappa shape index (κ2) is 12.5. The van der Waals surface area contributed by atoms with Crippen molar-refractivity contribution in [3.8, 4) is 0 Å². The molecular weight excluding hydrogens is 562 g/mol. The van der Waals surface area contributed by atoms with Crippen molar-refractivity contribution in [2.24, 2.45) is 17.8 Å². The van der Waals surface area contributed by atoms with Crippen LogP contribution in [0.15, 0.2) is 54.6 Å². The van der Waals surface area contributed by atoms with E-state index in [2.05, 4.69) is 0 Å². The van der Waals surface area contributed by atoms with Gasteiger partial charge in [0.25, 0.3) is 0 Å². The molecule has 4 aliphatic rings. The Morgan fingerprint density at radius 1 is 1.02 bits per heavy atom. The van der Waals surface area contributed by atoms with Gasteiger partial charge in [-0.3, -0.25) is 19.2 Å². The van der Waals surface area contributed by atoms with Crippen molar-refractivity contribution in [1.29, 1.82) is 0 Å². The summed E-state index contributed by atoms with van der Waals surface area (Å²) >= 11 is 0. The molecule has 5 rings (SSSR count). The third-order valence-electron chi connectivity index (χ3n) is 9.84. The average molecular weight is 608 g/mol. The van der Waals surface area contributed by atoms with Crippen LogP contribution in [-0.4, -0.2) is 99.6 Å². The first-order chi connectivity index (χ1) is 20.9. The molecule has 0 aromatic heterocycles. The Balaban J connectivity index is 1.65. The number of hydrogen-bond acceptors (Lipinski definition) is 7. The Bertz CT molecular complexity index is 1330. The number of rotatable bonds is 5. The van der Waals surface area contributed by atoms with Crippen molar-refractivity contribution in [1.82, 2.24) is 14.7 Å². The first-order valence-corrected chi connectivity index (χ1v) is 15.7. The van der Waals surface area contributed by atoms with E-state index in [4.69, 9.17) is 9.47 Å². The topological polar surface area (TPSA) is 117 Å². The highest BCUT2D eigenvalue weighted by molar-refractivity contribution is 5.99. The molecule has 44 heavy (non-hydrogen) atoms. The Morgan fingerprint density at radius 3 is 2.36 bits per heavy atom. The summed E-state index contributed by atoms with van der Waals surface area (Å²) in [6, 6.07) is 6.90. The largest absolute Gasteiger partial charge is 0.455 e. The summed E-state index contributed by atoms with van der Waals surface area (Å²) in [5.41, 5.74) is -0.722. The van der Waals surface area contributed by atoms with Crippen LogP contribution < -0.4 is 0 Å². The maximum Gasteiger partial charge on any atom is 0.313 e. The summed E-state index contributed by atoms with van der Waals surface area (Å²) in [4.78, 5) is 61.2. The van der Waals surface area contributed by atoms with Crippen LogP contribution in [0.4, 0.5) is 0 Å². The number of likely N-dealkylation sites (N-methyl/N-ethyl adjacent to an activating group) is 1. The number of aliphatic hydroxyl groups excluding tert-OH is 1. The predicted molar refractivity (Wildman–Crippen MR) is 163 cm³/mol. The number of esters is 1. The van der Waals surface area contributed by atoms with E-state index in [0.29, 0.717) is 13.0 Å². The summed E-state index contributed by atoms with van der Waals surface area (Å²) in [6.45, 7) is 9.46. The zero-order chi connectivity index (χ0) is 31.9. The predicted octanol–water partition coefficient (Wildman–Crippen LogP) is 2.87. The fourth-order valence-corrected chi connectivity index (χ4v) is 7.29. The Morgan fingerprint density at radius 2 is 1.73 bits per heavy atom. The third kappa shape index (κ3) is 5.26. The summed E-state index contributed by atoms with van der Waals surface area (Å²) in [7, 11) is 1.70. The van der Waals surface area contributed by atoms with Crippen molar-refractivity contribution >= 4 is 23.7 Å². The highest BCUT2D eigenvalue weighted by Crippen LogP contribution is 2.54. The van der Waals surface area contributed by atoms with Crippen LogP contribution in [0, 0.1) is 17.8 Å². The maximum absolute atomic E-state index is 14.6. The van der Waals surface area contributed by atoms with Gasteiger partial charge in [-0.25, -0.2) is 0 Å². The molecule has 3 amide bonds. The van der Waals surface area contributed by atoms with Gasteiger partial charge < -0.3 is 29.3 Å². The molecule has 0 aliphatic carbocycles. The number of likely N-dealkylation sites (tertiary alicyclic amines) is 1. The molecule has 8 atom stereocenters. The summed E-state index contributed by atoms with van der Waals surface area (Å²) < 4.78 is 13.1. The molecule has 0 saturated carbocycles. The van der Waals surface area contributed by atoms with Crippen LogP contribution in [0.25, 0.3) is 0 Å². The first-order valence-electron chi connectivity index (χ1n) is 15.7. The minimum absolute atomic E-state index is 0.0836. The standard InChI is InChI=1S/C34H45N3O7/c1-20(2)24(19-38)37-30-32(41)36(21(3)4)18-12-17-34(30)28(31(37)40)27-25(44-34)15-10-11-16-26(39)35(6)22(5)29(43-33(27)42)23-13-8-7-9-14-23/h7-10,12-15,17,20-22,24-25,27-30,38H,11,16,18-19H2,1-6H3/b15-10-/t22-,24+,25-,27+,28+,29+,30-,34+/m1/s1. The van der Waals surface area contributed by atoms with Crippen molar-refractivity contribution in [3.05, 3.63) is 60.2 Å². The monoisotopic (exact) mass is 607 g/mol. The number of allylic oxidation sites excluding steroid dienone is 1. The van der Waals surface area contributed by atoms with Gasteiger partial charge in [-0.1, -0.05) is 68.5 Å². The van der Waals surface area contributed by atoms with Crippen LogP contribution in [0.5, 0.6) is 0 Å². The number of nitrogens with zero attached hydrogens (tertiary/aromatic N) is 3. The minimum Gasteiger partial charge on any atom is -0.455 e. The lowest BCUT2D eigenvalue weighted by atomic mass is 9.77. The Labute approximate surface area is 259 Å². The number of cyclic esters (lactones) is 1. The van der Waals surface area contributed by atoms with Gasteiger partial charge in [-0.05, 0) is 38.7 Å². The second-order valence-electron chi connectivity index (χ2n) is 13.0. The number of amides is 3. The van der Waals surface area contributed by atoms with Gasteiger partial charge in [-0.15, -0.1) is 0 Å². The number of ether oxygens (including phenoxy) is 2. The lowest BCUT2D eigenvalue weighted by molar-refractivity contribution is -0.165. The van der Waals surface area contributed by atoms with E-state index >= 15 is 0 Å². The minimum atomic E-state index is -1.44. The Hall–Kier alpha value is -3.50. The molecule has 0 unspecified atom stereocenters. The van der Waals surface area contributed by atoms with E-state index in [9.17, 15) is 24.3 Å². The number of aliphatic hydroxyl groups is 1. The smallest absolute Gasteiger partial charge is 0.313 e. The molecule has 4 aliphatic heterocycles. The zero-order valence-electron chi connectivity index (χ0n) is 26.5. The number of hydrogen-bond donors (Lipinski definition) is 1. The van der Waals surface area contributed by atoms with Crippen molar-refractivity contribution in [3.63, 3.8) is 0 Å². The van der Waals surface area contributed by atoms with E-state index in [1.165, 1.54) is 4.90 Å². The number of carbonyl (C=O) groups excluding carboxylic acids is 4. The van der Waals surface area contributed by atoms with Gasteiger partial charge in [0.05, 0.1) is 30.7 Å². The molecule has 2 fully saturated rings. The van der Waals surface area contributed by atoms with Gasteiger partial charge in [0.2, 0.25) is 17.7 Å². The van der Waals surface area contributed by atoms with E-state index in [1.807, 2.05) is 71.0 Å². The molecule has 1 aromatic carbocycles. The quantitative estimate of drug-likeness (QED) is 0.404. The summed E-state index contributed by atoms with van der Waals surface area (Å²) in [5.74, 6) is -3.68. The molecular formula is C34H45N3O7. The molecule has 0 bridgehead atoms. The molecule has 4 heterocycles. The molecule has 1 N–H and O–H groups in total. The number of carbonyl (C=O) groups is 4. The molecule has 1 spiro atoms. The van der Waals surface area contributed by atoms with Crippen LogP contribution in [0.3, 0.4) is 0 Å². The van der Waals surface area contributed by atoms with Crippen molar-refractivity contribution in [2.45, 2.75) is 89.4 Å². The van der Waals surface area contributed by atoms with Gasteiger partial charge in [-0.2, -0.15) is 0 Å². The second-order valence-corrected chi connectivity index (χ2v) is 13.0. The molecule has 10 heteroatoms. The van der Waals surface area contributed by atoms with Crippen LogP contribution >= 0.6 is 0 Å². The van der Waals surface area contributed by atoms with Gasteiger partial charge >= 0.3 is 5.97 Å². The lowest BCUT2D eigenvalue weighted by Crippen LogP contribution is -2.59. The van der Waals surface area contributed by atoms with Gasteiger partial charge in [0.1, 0.15) is 23.7 Å². The summed E-state index contributed by atoms with van der Waals surface area (Å²) in [5, 5.41) is 10.5. The van der Waals surface area contributed by atoms with Crippen LogP contribution in [-0.2, 0) is 28.7 Å². The van der Waals surface area contributed by atoms with E-state index in [1.54, 1.807) is 35.1 Å². The third-order valence-corrected chi connectivity index (χ3v) is 9.84. The highest BCUT2D eigenvalue weighted by atomic mass is 16.6. The molecule has 1 aromatic rings. The van der Waals surface area contributed by atoms with Gasteiger partial charge in [0, 0.05) is 26.1 Å². The van der Waals surface area contributed by atoms with E-state index < -0.39 is 59.6 Å². The first kappa shape index (κ1) is 31.9. The van der Waals surface area contributed by atoms with Crippen molar-refractivity contribution < 1.29 is 33.8 Å². The van der Waals surface area contributed by atoms with Gasteiger partial charge in [0.15, 0.2) is 0 Å². The zero-order valence-corrected chi connectivity index (χ0v) is 26.5. The summed E-state index contributed by atoms with van der Waals surface area (Å²) in [6.07, 6.45) is 6.18. The number of fused-ring (bicyclic) bond motifs is 2. The van der Waals surface area contributed by atoms with Crippen molar-refractivity contribution in [2.75, 3.05) is 20.2 Å². The lowest BCUT2D eigenvalue weighted by Gasteiger charge is -2.40. The fourth-order valence-electron chi connectivity index (χ4n) is 7.29. The Kier molecular flexibility index (Phi) is 9.05. The molecule has 0 radical (unpaired) electrons. The highest BCUT2D eigenvalue weighted by Gasteiger charge is 2.72. The normalized spacial score (nSPS) is 34.2. The van der Waals surface area contributed by atoms with E-state index in [0.717, 1.165) is 5.56 Å². The molecule has 2 saturated heterocycles. The molecule has 10 nitrogen and oxygen atoms in total. The SMILES string of the molecule is CC(C)[C@H](CO)N1C(=O)[C@@H]2[C@H]3C(=O)O[C@H](c4ccccc4)[C@@H](C)N(C)C(=O)CC/C=C\[C@H]3O[C@@]23C=CCN(C(C)C)C(=O)[C@@H]13. The van der Waals surface area contributed by atoms with Crippen LogP contribution in [0.1, 0.15) is 59.1 Å². The molecule has 238 valence electrons. The van der Waals surface area contributed by atoms with Crippen LogP contribution in [0.2, 0.25) is 0 Å². The number of benzene rings is 1.